The molecule has 3 N–H and O–H groups in total. The Labute approximate surface area is 90.7 Å². The Hall–Kier alpha value is -1.29. The van der Waals surface area contributed by atoms with Crippen LogP contribution in [0.4, 0.5) is 11.4 Å². The molecule has 4 heteroatoms. The van der Waals surface area contributed by atoms with E-state index in [1.807, 2.05) is 27.0 Å². The summed E-state index contributed by atoms with van der Waals surface area (Å²) in [4.78, 5) is 4.08. The fourth-order valence-electron chi connectivity index (χ4n) is 1.09. The summed E-state index contributed by atoms with van der Waals surface area (Å²) >= 11 is 0. The lowest BCUT2D eigenvalue weighted by Gasteiger charge is -2.22. The van der Waals surface area contributed by atoms with Gasteiger partial charge < -0.3 is 15.7 Å². The number of anilines is 2. The van der Waals surface area contributed by atoms with Crippen molar-refractivity contribution in [1.29, 1.82) is 0 Å². The Bertz CT molecular complexity index is 312. The zero-order valence-corrected chi connectivity index (χ0v) is 9.54. The first kappa shape index (κ1) is 11.8. The van der Waals surface area contributed by atoms with Gasteiger partial charge in [-0.1, -0.05) is 6.92 Å². The molecule has 1 aromatic heterocycles. The maximum absolute atomic E-state index is 9.81. The average Bonchev–Trinajstić information content (AvgIpc) is 2.27. The van der Waals surface area contributed by atoms with Crippen LogP contribution in [0.3, 0.4) is 0 Å². The monoisotopic (exact) mass is 209 g/mol. The number of rotatable bonds is 5. The standard InChI is InChI=1S/C11H19N3O/c1-4-11(2,15)8-14-10-5-9(12-3)6-13-7-10/h5-7,12,14-15H,4,8H2,1-3H3. The van der Waals surface area contributed by atoms with Gasteiger partial charge in [-0.3, -0.25) is 4.98 Å². The van der Waals surface area contributed by atoms with Gasteiger partial charge in [0.15, 0.2) is 0 Å². The highest BCUT2D eigenvalue weighted by Crippen LogP contribution is 2.14. The van der Waals surface area contributed by atoms with Crippen molar-refractivity contribution in [2.24, 2.45) is 0 Å². The first-order valence-corrected chi connectivity index (χ1v) is 5.16. The third-order valence-corrected chi connectivity index (χ3v) is 2.46. The van der Waals surface area contributed by atoms with E-state index in [0.29, 0.717) is 6.54 Å². The summed E-state index contributed by atoms with van der Waals surface area (Å²) in [6, 6.07) is 1.96. The van der Waals surface area contributed by atoms with Crippen LogP contribution in [0.25, 0.3) is 0 Å². The van der Waals surface area contributed by atoms with Crippen LogP contribution in [-0.4, -0.2) is 29.3 Å². The lowest BCUT2D eigenvalue weighted by Crippen LogP contribution is -2.32. The van der Waals surface area contributed by atoms with Crippen molar-refractivity contribution in [3.05, 3.63) is 18.5 Å². The van der Waals surface area contributed by atoms with Gasteiger partial charge in [0.2, 0.25) is 0 Å². The molecular formula is C11H19N3O. The molecule has 0 saturated heterocycles. The van der Waals surface area contributed by atoms with Gasteiger partial charge in [-0.15, -0.1) is 0 Å². The molecule has 1 atom stereocenters. The Balaban J connectivity index is 2.57. The molecule has 0 aliphatic rings. The van der Waals surface area contributed by atoms with Crippen LogP contribution in [0.15, 0.2) is 18.5 Å². The topological polar surface area (TPSA) is 57.2 Å². The van der Waals surface area contributed by atoms with E-state index in [-0.39, 0.29) is 0 Å². The van der Waals surface area contributed by atoms with Crippen molar-refractivity contribution in [2.75, 3.05) is 24.2 Å². The molecular weight excluding hydrogens is 190 g/mol. The summed E-state index contributed by atoms with van der Waals surface area (Å²) in [5.74, 6) is 0. The SMILES string of the molecule is CCC(C)(O)CNc1cncc(NC)c1. The van der Waals surface area contributed by atoms with Gasteiger partial charge >= 0.3 is 0 Å². The maximum Gasteiger partial charge on any atom is 0.0788 e. The van der Waals surface area contributed by atoms with Crippen molar-refractivity contribution < 1.29 is 5.11 Å². The number of hydrogen-bond donors (Lipinski definition) is 3. The van der Waals surface area contributed by atoms with E-state index in [1.165, 1.54) is 0 Å². The summed E-state index contributed by atoms with van der Waals surface area (Å²) in [7, 11) is 1.85. The highest BCUT2D eigenvalue weighted by molar-refractivity contribution is 5.53. The Morgan fingerprint density at radius 2 is 2.07 bits per heavy atom. The van der Waals surface area contributed by atoms with Gasteiger partial charge in [0.05, 0.1) is 29.4 Å². The molecule has 15 heavy (non-hydrogen) atoms. The summed E-state index contributed by atoms with van der Waals surface area (Å²) in [5.41, 5.74) is 1.20. The number of pyridine rings is 1. The third kappa shape index (κ3) is 3.75. The smallest absolute Gasteiger partial charge is 0.0788 e. The Morgan fingerprint density at radius 1 is 1.40 bits per heavy atom. The predicted molar refractivity (Wildman–Crippen MR) is 63.2 cm³/mol. The first-order chi connectivity index (χ1) is 7.07. The molecule has 84 valence electrons. The highest BCUT2D eigenvalue weighted by Gasteiger charge is 2.16. The molecule has 0 bridgehead atoms. The molecule has 1 unspecified atom stereocenters. The molecule has 0 radical (unpaired) electrons. The average molecular weight is 209 g/mol. The lowest BCUT2D eigenvalue weighted by molar-refractivity contribution is 0.0697. The van der Waals surface area contributed by atoms with Gasteiger partial charge in [-0.25, -0.2) is 0 Å². The van der Waals surface area contributed by atoms with Crippen LogP contribution >= 0.6 is 0 Å². The summed E-state index contributed by atoms with van der Waals surface area (Å²) < 4.78 is 0. The van der Waals surface area contributed by atoms with Crippen molar-refractivity contribution in [3.8, 4) is 0 Å². The van der Waals surface area contributed by atoms with Crippen LogP contribution in [0.1, 0.15) is 20.3 Å². The second-order valence-corrected chi connectivity index (χ2v) is 3.92. The predicted octanol–water partition coefficient (Wildman–Crippen LogP) is 1.70. The van der Waals surface area contributed by atoms with Crippen molar-refractivity contribution in [1.82, 2.24) is 4.98 Å². The zero-order chi connectivity index (χ0) is 11.3. The van der Waals surface area contributed by atoms with Crippen molar-refractivity contribution in [2.45, 2.75) is 25.9 Å². The van der Waals surface area contributed by atoms with Crippen molar-refractivity contribution >= 4 is 11.4 Å². The molecule has 0 aliphatic heterocycles. The Morgan fingerprint density at radius 3 is 2.67 bits per heavy atom. The van der Waals surface area contributed by atoms with Crippen LogP contribution < -0.4 is 10.6 Å². The number of aromatic nitrogens is 1. The normalized spacial score (nSPS) is 14.4. The first-order valence-electron chi connectivity index (χ1n) is 5.16. The van der Waals surface area contributed by atoms with Crippen LogP contribution in [0.5, 0.6) is 0 Å². The molecule has 0 aromatic carbocycles. The van der Waals surface area contributed by atoms with Crippen LogP contribution in [0.2, 0.25) is 0 Å². The minimum atomic E-state index is -0.671. The summed E-state index contributed by atoms with van der Waals surface area (Å²) in [6.07, 6.45) is 4.22. The van der Waals surface area contributed by atoms with E-state index in [4.69, 9.17) is 0 Å². The molecule has 0 saturated carbocycles. The summed E-state index contributed by atoms with van der Waals surface area (Å²) in [5, 5.41) is 16.0. The molecule has 0 aliphatic carbocycles. The Kier molecular flexibility index (Phi) is 3.91. The van der Waals surface area contributed by atoms with E-state index in [9.17, 15) is 5.11 Å². The van der Waals surface area contributed by atoms with E-state index in [0.717, 1.165) is 17.8 Å². The molecule has 0 fully saturated rings. The van der Waals surface area contributed by atoms with E-state index in [1.54, 1.807) is 12.4 Å². The molecule has 0 amide bonds. The second kappa shape index (κ2) is 4.98. The molecule has 4 nitrogen and oxygen atoms in total. The largest absolute Gasteiger partial charge is 0.388 e. The minimum absolute atomic E-state index is 0.526. The molecule has 0 spiro atoms. The summed E-state index contributed by atoms with van der Waals surface area (Å²) in [6.45, 7) is 4.30. The van der Waals surface area contributed by atoms with E-state index in [2.05, 4.69) is 15.6 Å². The fraction of sp³-hybridized carbons (Fsp3) is 0.545. The third-order valence-electron chi connectivity index (χ3n) is 2.46. The number of aliphatic hydroxyl groups is 1. The van der Waals surface area contributed by atoms with Gasteiger partial charge in [0, 0.05) is 13.6 Å². The number of hydrogen-bond acceptors (Lipinski definition) is 4. The second-order valence-electron chi connectivity index (χ2n) is 3.92. The van der Waals surface area contributed by atoms with Crippen molar-refractivity contribution in [3.63, 3.8) is 0 Å². The number of nitrogens with zero attached hydrogens (tertiary/aromatic N) is 1. The molecule has 1 aromatic rings. The molecule has 1 rings (SSSR count). The fourth-order valence-corrected chi connectivity index (χ4v) is 1.09. The quantitative estimate of drug-likeness (QED) is 0.691. The van der Waals surface area contributed by atoms with Gasteiger partial charge in [-0.05, 0) is 19.4 Å². The number of nitrogens with one attached hydrogen (secondary N) is 2. The highest BCUT2D eigenvalue weighted by atomic mass is 16.3. The van der Waals surface area contributed by atoms with Gasteiger partial charge in [-0.2, -0.15) is 0 Å². The van der Waals surface area contributed by atoms with Gasteiger partial charge in [0.25, 0.3) is 0 Å². The van der Waals surface area contributed by atoms with E-state index >= 15 is 0 Å². The lowest BCUT2D eigenvalue weighted by atomic mass is 10.0. The zero-order valence-electron chi connectivity index (χ0n) is 9.54. The maximum atomic E-state index is 9.81. The van der Waals surface area contributed by atoms with Gasteiger partial charge in [0.1, 0.15) is 0 Å². The van der Waals surface area contributed by atoms with E-state index < -0.39 is 5.60 Å². The minimum Gasteiger partial charge on any atom is -0.388 e. The molecule has 1 heterocycles. The van der Waals surface area contributed by atoms with Crippen LogP contribution in [-0.2, 0) is 0 Å². The van der Waals surface area contributed by atoms with Crippen LogP contribution in [0, 0.1) is 0 Å².